The maximum Gasteiger partial charge on any atom is 0.130 e. The molecule has 2 heterocycles. The van der Waals surface area contributed by atoms with Crippen LogP contribution in [-0.4, -0.2) is 14.8 Å². The van der Waals surface area contributed by atoms with Gasteiger partial charge in [0.05, 0.1) is 11.9 Å². The Morgan fingerprint density at radius 2 is 2.29 bits per heavy atom. The Kier molecular flexibility index (Phi) is 2.18. The molecule has 2 rings (SSSR count). The van der Waals surface area contributed by atoms with E-state index in [1.165, 1.54) is 5.56 Å². The Morgan fingerprint density at radius 1 is 1.43 bits per heavy atom. The van der Waals surface area contributed by atoms with E-state index in [0.29, 0.717) is 0 Å². The summed E-state index contributed by atoms with van der Waals surface area (Å²) < 4.78 is 1.75. The second-order valence-electron chi connectivity index (χ2n) is 3.25. The van der Waals surface area contributed by atoms with E-state index in [2.05, 4.69) is 15.4 Å². The highest BCUT2D eigenvalue weighted by molar-refractivity contribution is 5.54. The molecule has 0 spiro atoms. The van der Waals surface area contributed by atoms with Crippen molar-refractivity contribution in [2.45, 2.75) is 6.92 Å². The van der Waals surface area contributed by atoms with E-state index in [-0.39, 0.29) is 0 Å². The number of nitrogens with zero attached hydrogens (tertiary/aromatic N) is 3. The van der Waals surface area contributed by atoms with Crippen LogP contribution in [0.4, 0.5) is 11.5 Å². The van der Waals surface area contributed by atoms with Crippen LogP contribution in [0.25, 0.3) is 0 Å². The molecule has 4 heteroatoms. The van der Waals surface area contributed by atoms with Gasteiger partial charge in [-0.2, -0.15) is 5.10 Å². The van der Waals surface area contributed by atoms with Crippen molar-refractivity contribution in [2.24, 2.45) is 7.05 Å². The number of rotatable bonds is 2. The summed E-state index contributed by atoms with van der Waals surface area (Å²) in [5.74, 6) is 0.845. The van der Waals surface area contributed by atoms with Gasteiger partial charge in [-0.1, -0.05) is 0 Å². The highest BCUT2D eigenvalue weighted by Crippen LogP contribution is 2.13. The molecule has 0 aromatic carbocycles. The standard InChI is InChI=1S/C10H12N4/c1-8-3-4-11-10(5-8)13-9-6-12-14(2)7-9/h3-7H,1-2H3,(H,11,13). The van der Waals surface area contributed by atoms with E-state index in [4.69, 9.17) is 0 Å². The van der Waals surface area contributed by atoms with Crippen molar-refractivity contribution in [3.63, 3.8) is 0 Å². The average molecular weight is 188 g/mol. The Balaban J connectivity index is 2.18. The van der Waals surface area contributed by atoms with E-state index >= 15 is 0 Å². The quantitative estimate of drug-likeness (QED) is 0.782. The second kappa shape index (κ2) is 3.49. The minimum Gasteiger partial charge on any atom is -0.338 e. The predicted molar refractivity (Wildman–Crippen MR) is 55.5 cm³/mol. The summed E-state index contributed by atoms with van der Waals surface area (Å²) >= 11 is 0. The normalized spacial score (nSPS) is 10.1. The van der Waals surface area contributed by atoms with E-state index in [0.717, 1.165) is 11.5 Å². The van der Waals surface area contributed by atoms with Gasteiger partial charge >= 0.3 is 0 Å². The molecule has 0 saturated heterocycles. The lowest BCUT2D eigenvalue weighted by atomic mass is 10.3. The third-order valence-corrected chi connectivity index (χ3v) is 1.89. The Labute approximate surface area is 82.6 Å². The van der Waals surface area contributed by atoms with Crippen molar-refractivity contribution in [1.29, 1.82) is 0 Å². The first-order valence-electron chi connectivity index (χ1n) is 4.42. The Morgan fingerprint density at radius 3 is 2.93 bits per heavy atom. The van der Waals surface area contributed by atoms with Crippen LogP contribution < -0.4 is 5.32 Å². The molecule has 0 saturated carbocycles. The van der Waals surface area contributed by atoms with Gasteiger partial charge < -0.3 is 5.32 Å². The molecular formula is C10H12N4. The molecule has 0 aliphatic carbocycles. The fourth-order valence-corrected chi connectivity index (χ4v) is 1.24. The summed E-state index contributed by atoms with van der Waals surface area (Å²) in [4.78, 5) is 4.20. The molecule has 0 unspecified atom stereocenters. The fourth-order valence-electron chi connectivity index (χ4n) is 1.24. The van der Waals surface area contributed by atoms with Gasteiger partial charge in [0.1, 0.15) is 5.82 Å². The Bertz CT molecular complexity index is 433. The number of aryl methyl sites for hydroxylation is 2. The molecule has 14 heavy (non-hydrogen) atoms. The van der Waals surface area contributed by atoms with E-state index in [9.17, 15) is 0 Å². The van der Waals surface area contributed by atoms with Crippen LogP contribution >= 0.6 is 0 Å². The first kappa shape index (κ1) is 8.74. The molecule has 0 radical (unpaired) electrons. The van der Waals surface area contributed by atoms with Gasteiger partial charge in [0, 0.05) is 19.4 Å². The summed E-state index contributed by atoms with van der Waals surface area (Å²) in [5, 5.41) is 7.23. The molecule has 0 atom stereocenters. The van der Waals surface area contributed by atoms with E-state index in [1.54, 1.807) is 17.1 Å². The number of aromatic nitrogens is 3. The molecule has 0 aliphatic heterocycles. The first-order chi connectivity index (χ1) is 6.74. The predicted octanol–water partition coefficient (Wildman–Crippen LogP) is 1.87. The number of hydrogen-bond acceptors (Lipinski definition) is 3. The van der Waals surface area contributed by atoms with Crippen molar-refractivity contribution in [2.75, 3.05) is 5.32 Å². The topological polar surface area (TPSA) is 42.7 Å². The molecule has 1 N–H and O–H groups in total. The number of anilines is 2. The van der Waals surface area contributed by atoms with Crippen molar-refractivity contribution in [3.8, 4) is 0 Å². The summed E-state index contributed by atoms with van der Waals surface area (Å²) in [7, 11) is 1.88. The zero-order valence-electron chi connectivity index (χ0n) is 8.23. The van der Waals surface area contributed by atoms with Crippen molar-refractivity contribution in [1.82, 2.24) is 14.8 Å². The van der Waals surface area contributed by atoms with Crippen LogP contribution in [0.3, 0.4) is 0 Å². The monoisotopic (exact) mass is 188 g/mol. The highest BCUT2D eigenvalue weighted by Gasteiger charge is 1.97. The summed E-state index contributed by atoms with van der Waals surface area (Å²) in [6.07, 6.45) is 5.46. The van der Waals surface area contributed by atoms with Gasteiger partial charge in [0.2, 0.25) is 0 Å². The van der Waals surface area contributed by atoms with Crippen LogP contribution in [0, 0.1) is 6.92 Å². The number of nitrogens with one attached hydrogen (secondary N) is 1. The zero-order valence-corrected chi connectivity index (χ0v) is 8.23. The third kappa shape index (κ3) is 1.90. The van der Waals surface area contributed by atoms with Gasteiger partial charge in [0.25, 0.3) is 0 Å². The minimum atomic E-state index is 0.845. The molecular weight excluding hydrogens is 176 g/mol. The first-order valence-corrected chi connectivity index (χ1v) is 4.42. The van der Waals surface area contributed by atoms with Gasteiger partial charge in [-0.05, 0) is 24.6 Å². The average Bonchev–Trinajstić information content (AvgIpc) is 2.51. The second-order valence-corrected chi connectivity index (χ2v) is 3.25. The molecule has 4 nitrogen and oxygen atoms in total. The lowest BCUT2D eigenvalue weighted by molar-refractivity contribution is 0.768. The largest absolute Gasteiger partial charge is 0.338 e. The van der Waals surface area contributed by atoms with Crippen molar-refractivity contribution >= 4 is 11.5 Å². The molecule has 72 valence electrons. The van der Waals surface area contributed by atoms with Crippen LogP contribution in [0.5, 0.6) is 0 Å². The van der Waals surface area contributed by atoms with Crippen LogP contribution in [0.2, 0.25) is 0 Å². The number of hydrogen-bond donors (Lipinski definition) is 1. The lowest BCUT2D eigenvalue weighted by Crippen LogP contribution is -1.92. The van der Waals surface area contributed by atoms with Gasteiger partial charge in [-0.25, -0.2) is 4.98 Å². The fraction of sp³-hybridized carbons (Fsp3) is 0.200. The van der Waals surface area contributed by atoms with E-state index < -0.39 is 0 Å². The zero-order chi connectivity index (χ0) is 9.97. The highest BCUT2D eigenvalue weighted by atomic mass is 15.3. The third-order valence-electron chi connectivity index (χ3n) is 1.89. The molecule has 2 aromatic rings. The van der Waals surface area contributed by atoms with Crippen molar-refractivity contribution in [3.05, 3.63) is 36.3 Å². The summed E-state index contributed by atoms with van der Waals surface area (Å²) in [6.45, 7) is 2.04. The maximum atomic E-state index is 4.20. The summed E-state index contributed by atoms with van der Waals surface area (Å²) in [6, 6.07) is 3.96. The molecule has 2 aromatic heterocycles. The lowest BCUT2D eigenvalue weighted by Gasteiger charge is -2.01. The SMILES string of the molecule is Cc1ccnc(Nc2cnn(C)c2)c1. The molecule has 0 fully saturated rings. The van der Waals surface area contributed by atoms with Crippen LogP contribution in [-0.2, 0) is 7.05 Å². The summed E-state index contributed by atoms with van der Waals surface area (Å²) in [5.41, 5.74) is 2.14. The minimum absolute atomic E-state index is 0.845. The maximum absolute atomic E-state index is 4.20. The molecule has 0 amide bonds. The van der Waals surface area contributed by atoms with Gasteiger partial charge in [-0.3, -0.25) is 4.68 Å². The molecule has 0 bridgehead atoms. The molecule has 0 aliphatic rings. The van der Waals surface area contributed by atoms with Crippen LogP contribution in [0.15, 0.2) is 30.7 Å². The number of pyridine rings is 1. The Hall–Kier alpha value is -1.84. The van der Waals surface area contributed by atoms with Gasteiger partial charge in [-0.15, -0.1) is 0 Å². The van der Waals surface area contributed by atoms with E-state index in [1.807, 2.05) is 32.3 Å². The van der Waals surface area contributed by atoms with Gasteiger partial charge in [0.15, 0.2) is 0 Å². The smallest absolute Gasteiger partial charge is 0.130 e. The van der Waals surface area contributed by atoms with Crippen LogP contribution in [0.1, 0.15) is 5.56 Å². The van der Waals surface area contributed by atoms with Crippen molar-refractivity contribution < 1.29 is 0 Å².